The Bertz CT molecular complexity index is 1030. The number of nitrogens with one attached hydrogen (secondary N) is 2. The van der Waals surface area contributed by atoms with Crippen LogP contribution in [0.1, 0.15) is 16.1 Å². The molecule has 2 N–H and O–H groups in total. The van der Waals surface area contributed by atoms with Crippen molar-refractivity contribution in [2.45, 2.75) is 11.4 Å². The largest absolute Gasteiger partial charge is 0.356 e. The number of pyridine rings is 1. The summed E-state index contributed by atoms with van der Waals surface area (Å²) in [5, 5.41) is 11.3. The maximum absolute atomic E-state index is 12.2. The van der Waals surface area contributed by atoms with Gasteiger partial charge in [0.15, 0.2) is 9.84 Å². The molecule has 0 saturated carbocycles. The number of carbonyl (C=O) groups is 1. The van der Waals surface area contributed by atoms with E-state index in [-0.39, 0.29) is 10.8 Å². The van der Waals surface area contributed by atoms with Gasteiger partial charge in [-0.2, -0.15) is 5.26 Å². The minimum atomic E-state index is -3.63. The summed E-state index contributed by atoms with van der Waals surface area (Å²) in [5.41, 5.74) is 2.86. The first kappa shape index (κ1) is 16.7. The van der Waals surface area contributed by atoms with Gasteiger partial charge in [0.25, 0.3) is 5.91 Å². The van der Waals surface area contributed by atoms with Gasteiger partial charge in [0.1, 0.15) is 5.75 Å². The quantitative estimate of drug-likeness (QED) is 0.725. The number of benzene rings is 1. The fourth-order valence-electron chi connectivity index (χ4n) is 2.37. The van der Waals surface area contributed by atoms with E-state index < -0.39 is 15.6 Å². The molecule has 3 rings (SSSR count). The lowest BCUT2D eigenvalue weighted by Gasteiger charge is -2.05. The van der Waals surface area contributed by atoms with Crippen molar-refractivity contribution in [3.63, 3.8) is 0 Å². The summed E-state index contributed by atoms with van der Waals surface area (Å²) in [6.45, 7) is 0.295. The van der Waals surface area contributed by atoms with Gasteiger partial charge in [0.2, 0.25) is 0 Å². The summed E-state index contributed by atoms with van der Waals surface area (Å²) in [7, 11) is -3.63. The van der Waals surface area contributed by atoms with Crippen LogP contribution in [0.2, 0.25) is 0 Å². The lowest BCUT2D eigenvalue weighted by atomic mass is 10.2. The first-order valence-electron chi connectivity index (χ1n) is 7.40. The van der Waals surface area contributed by atoms with Gasteiger partial charge in [0, 0.05) is 17.5 Å². The summed E-state index contributed by atoms with van der Waals surface area (Å²) in [6, 6.07) is 12.7. The van der Waals surface area contributed by atoms with E-state index in [0.717, 1.165) is 16.7 Å². The second-order valence-corrected chi connectivity index (χ2v) is 7.34. The van der Waals surface area contributed by atoms with Crippen LogP contribution in [0.15, 0.2) is 53.6 Å². The molecule has 25 heavy (non-hydrogen) atoms. The van der Waals surface area contributed by atoms with Gasteiger partial charge in [-0.1, -0.05) is 0 Å². The van der Waals surface area contributed by atoms with Crippen molar-refractivity contribution >= 4 is 26.8 Å². The molecule has 0 spiro atoms. The zero-order chi connectivity index (χ0) is 17.9. The molecule has 0 aliphatic rings. The third-order valence-corrected chi connectivity index (χ3v) is 5.11. The lowest BCUT2D eigenvalue weighted by Crippen LogP contribution is -2.23. The van der Waals surface area contributed by atoms with Crippen LogP contribution in [0.4, 0.5) is 0 Å². The van der Waals surface area contributed by atoms with Crippen LogP contribution < -0.4 is 5.32 Å². The minimum Gasteiger partial charge on any atom is -0.356 e. The number of H-pyrrole nitrogens is 1. The minimum absolute atomic E-state index is 0.0206. The van der Waals surface area contributed by atoms with Crippen LogP contribution in [0.3, 0.4) is 0 Å². The average Bonchev–Trinajstić information content (AvgIpc) is 3.02. The molecule has 2 heterocycles. The number of fused-ring (bicyclic) bond motifs is 1. The lowest BCUT2D eigenvalue weighted by molar-refractivity contribution is 0.0950. The maximum atomic E-state index is 12.2. The first-order valence-corrected chi connectivity index (χ1v) is 9.05. The SMILES string of the molecule is N#CCS(=O)(=O)c1ccc(C(=O)NCc2cc3ncccc3[nH]2)cc1. The predicted molar refractivity (Wildman–Crippen MR) is 91.4 cm³/mol. The molecule has 3 aromatic rings. The Morgan fingerprint density at radius 2 is 2.00 bits per heavy atom. The third kappa shape index (κ3) is 3.67. The molecule has 1 amide bonds. The van der Waals surface area contributed by atoms with Gasteiger partial charge in [0.05, 0.1) is 28.5 Å². The number of amides is 1. The number of carbonyl (C=O) groups excluding carboxylic acids is 1. The maximum Gasteiger partial charge on any atom is 0.251 e. The van der Waals surface area contributed by atoms with Crippen molar-refractivity contribution in [2.75, 3.05) is 5.75 Å². The van der Waals surface area contributed by atoms with E-state index in [4.69, 9.17) is 5.26 Å². The van der Waals surface area contributed by atoms with E-state index in [9.17, 15) is 13.2 Å². The number of sulfone groups is 1. The van der Waals surface area contributed by atoms with E-state index in [2.05, 4.69) is 15.3 Å². The number of nitrogens with zero attached hydrogens (tertiary/aromatic N) is 2. The second-order valence-electron chi connectivity index (χ2n) is 5.36. The van der Waals surface area contributed by atoms with Gasteiger partial charge < -0.3 is 10.3 Å². The summed E-state index contributed by atoms with van der Waals surface area (Å²) >= 11 is 0. The molecule has 7 nitrogen and oxygen atoms in total. The summed E-state index contributed by atoms with van der Waals surface area (Å²) in [4.78, 5) is 19.6. The molecule has 0 saturated heterocycles. The highest BCUT2D eigenvalue weighted by atomic mass is 32.2. The van der Waals surface area contributed by atoms with Crippen LogP contribution in [0.25, 0.3) is 11.0 Å². The molecule has 0 radical (unpaired) electrons. The van der Waals surface area contributed by atoms with Crippen LogP contribution in [-0.4, -0.2) is 30.0 Å². The van der Waals surface area contributed by atoms with Crippen molar-refractivity contribution in [3.05, 3.63) is 59.9 Å². The number of rotatable bonds is 5. The number of hydrogen-bond donors (Lipinski definition) is 2. The molecular formula is C17H14N4O3S. The van der Waals surface area contributed by atoms with Crippen molar-refractivity contribution in [1.29, 1.82) is 5.26 Å². The number of hydrogen-bond acceptors (Lipinski definition) is 5. The number of aromatic amines is 1. The molecule has 0 aliphatic heterocycles. The van der Waals surface area contributed by atoms with E-state index in [1.807, 2.05) is 18.2 Å². The van der Waals surface area contributed by atoms with Gasteiger partial charge in [-0.25, -0.2) is 8.42 Å². The van der Waals surface area contributed by atoms with Gasteiger partial charge >= 0.3 is 0 Å². The van der Waals surface area contributed by atoms with Crippen LogP contribution in [0, 0.1) is 11.3 Å². The van der Waals surface area contributed by atoms with E-state index in [0.29, 0.717) is 12.1 Å². The Labute approximate surface area is 144 Å². The Hall–Kier alpha value is -3.18. The molecule has 0 unspecified atom stereocenters. The number of nitriles is 1. The molecule has 126 valence electrons. The molecule has 8 heteroatoms. The molecule has 1 aromatic carbocycles. The highest BCUT2D eigenvalue weighted by Crippen LogP contribution is 2.14. The topological polar surface area (TPSA) is 116 Å². The molecule has 0 fully saturated rings. The highest BCUT2D eigenvalue weighted by molar-refractivity contribution is 7.91. The third-order valence-electron chi connectivity index (χ3n) is 3.61. The normalized spacial score (nSPS) is 11.2. The smallest absolute Gasteiger partial charge is 0.251 e. The van der Waals surface area contributed by atoms with Gasteiger partial charge in [-0.15, -0.1) is 0 Å². The summed E-state index contributed by atoms with van der Waals surface area (Å²) < 4.78 is 23.6. The number of aromatic nitrogens is 2. The molecule has 0 bridgehead atoms. The van der Waals surface area contributed by atoms with Gasteiger partial charge in [-0.05, 0) is 42.5 Å². The molecule has 0 atom stereocenters. The Kier molecular flexibility index (Phi) is 4.50. The van der Waals surface area contributed by atoms with Crippen LogP contribution >= 0.6 is 0 Å². The van der Waals surface area contributed by atoms with E-state index >= 15 is 0 Å². The monoisotopic (exact) mass is 354 g/mol. The fraction of sp³-hybridized carbons (Fsp3) is 0.118. The zero-order valence-electron chi connectivity index (χ0n) is 13.1. The Morgan fingerprint density at radius 3 is 2.68 bits per heavy atom. The highest BCUT2D eigenvalue weighted by Gasteiger charge is 2.14. The van der Waals surface area contributed by atoms with Crippen molar-refractivity contribution in [2.24, 2.45) is 0 Å². The van der Waals surface area contributed by atoms with Crippen LogP contribution in [-0.2, 0) is 16.4 Å². The predicted octanol–water partition coefficient (Wildman–Crippen LogP) is 1.79. The Morgan fingerprint density at radius 1 is 1.24 bits per heavy atom. The zero-order valence-corrected chi connectivity index (χ0v) is 13.9. The average molecular weight is 354 g/mol. The fourth-order valence-corrected chi connectivity index (χ4v) is 3.25. The van der Waals surface area contributed by atoms with Crippen molar-refractivity contribution in [1.82, 2.24) is 15.3 Å². The Balaban J connectivity index is 1.68. The summed E-state index contributed by atoms with van der Waals surface area (Å²) in [5.74, 6) is -0.914. The molecular weight excluding hydrogens is 340 g/mol. The van der Waals surface area contributed by atoms with E-state index in [1.165, 1.54) is 24.3 Å². The standard InChI is InChI=1S/C17H14N4O3S/c18-7-9-25(23,24)14-5-3-12(4-6-14)17(22)20-11-13-10-16-15(21-13)2-1-8-19-16/h1-6,8,10,21H,9,11H2,(H,20,22). The first-order chi connectivity index (χ1) is 12.0. The molecule has 0 aliphatic carbocycles. The summed E-state index contributed by atoms with van der Waals surface area (Å²) in [6.07, 6.45) is 1.69. The second kappa shape index (κ2) is 6.75. The van der Waals surface area contributed by atoms with Crippen molar-refractivity contribution < 1.29 is 13.2 Å². The van der Waals surface area contributed by atoms with Crippen LogP contribution in [0.5, 0.6) is 0 Å². The van der Waals surface area contributed by atoms with E-state index in [1.54, 1.807) is 12.3 Å². The van der Waals surface area contributed by atoms with Gasteiger partial charge in [-0.3, -0.25) is 9.78 Å². The molecule has 2 aromatic heterocycles. The van der Waals surface area contributed by atoms with Crippen molar-refractivity contribution in [3.8, 4) is 6.07 Å².